The topological polar surface area (TPSA) is 119 Å². The van der Waals surface area contributed by atoms with Gasteiger partial charge in [-0.2, -0.15) is 0 Å². The van der Waals surface area contributed by atoms with Gasteiger partial charge in [-0.05, 0) is 39.7 Å². The number of carbonyl (C=O) groups is 1. The van der Waals surface area contributed by atoms with Crippen molar-refractivity contribution in [2.45, 2.75) is 147 Å². The number of fused-ring (bicyclic) bond motifs is 1. The van der Waals surface area contributed by atoms with Crippen molar-refractivity contribution in [3.8, 4) is 0 Å². The molecule has 4 aliphatic rings. The largest absolute Gasteiger partial charge is 0.454 e. The second-order valence-corrected chi connectivity index (χ2v) is 14.5. The fraction of sp³-hybridized carbons (Fsp3) is 0.667. The number of rotatable bonds is 16. The van der Waals surface area contributed by atoms with Crippen molar-refractivity contribution in [3.05, 3.63) is 71.8 Å². The van der Waals surface area contributed by atoms with Gasteiger partial charge in [-0.3, -0.25) is 4.79 Å². The van der Waals surface area contributed by atoms with Gasteiger partial charge in [0.25, 0.3) is 0 Å². The Labute approximate surface area is 301 Å². The maximum absolute atomic E-state index is 13.4. The van der Waals surface area contributed by atoms with Crippen LogP contribution in [0.1, 0.15) is 90.6 Å². The minimum Gasteiger partial charge on any atom is -0.454 e. The van der Waals surface area contributed by atoms with Crippen molar-refractivity contribution in [2.75, 3.05) is 19.8 Å². The Kier molecular flexibility index (Phi) is 13.2. The molecule has 0 radical (unpaired) electrons. The summed E-state index contributed by atoms with van der Waals surface area (Å²) in [5.41, 5.74) is 1.81. The highest BCUT2D eigenvalue weighted by atomic mass is 17.2. The second-order valence-electron chi connectivity index (χ2n) is 14.5. The quantitative estimate of drug-likeness (QED) is 0.0840. The third-order valence-corrected chi connectivity index (χ3v) is 9.41. The van der Waals surface area contributed by atoms with E-state index in [1.54, 1.807) is 0 Å². The molecule has 12 heteroatoms. The van der Waals surface area contributed by atoms with Crippen molar-refractivity contribution in [2.24, 2.45) is 0 Å². The van der Waals surface area contributed by atoms with Gasteiger partial charge in [0.1, 0.15) is 43.2 Å². The van der Waals surface area contributed by atoms with Crippen LogP contribution in [0.3, 0.4) is 0 Å². The molecule has 9 atom stereocenters. The molecule has 4 fully saturated rings. The Bertz CT molecular complexity index is 1360. The summed E-state index contributed by atoms with van der Waals surface area (Å²) in [5.74, 6) is -1.98. The molecule has 4 aliphatic heterocycles. The molecule has 0 amide bonds. The molecule has 0 spiro atoms. The van der Waals surface area contributed by atoms with E-state index in [0.29, 0.717) is 6.61 Å². The molecular formula is C39H54O12. The Balaban J connectivity index is 1.19. The van der Waals surface area contributed by atoms with Gasteiger partial charge in [0, 0.05) is 12.0 Å². The average Bonchev–Trinajstić information content (AvgIpc) is 3.65. The minimum atomic E-state index is -1.16. The summed E-state index contributed by atoms with van der Waals surface area (Å²) in [6.45, 7) is 10.3. The summed E-state index contributed by atoms with van der Waals surface area (Å²) in [5, 5.41) is 0. The highest BCUT2D eigenvalue weighted by Gasteiger charge is 2.54. The van der Waals surface area contributed by atoms with Gasteiger partial charge < -0.3 is 42.6 Å². The SMILES string of the molecule is CCCCCCCC(=O)O[C@@H]1[C@H](OOC[C@H]2OC(C)(C)O[C@@H]2[C@@H]2COC(C)(C)O2)O[C@@H]2COC(c3ccccc3)O[C@H]2[C@@H]1OCc1ccccc1. The molecule has 4 heterocycles. The van der Waals surface area contributed by atoms with Gasteiger partial charge in [0.05, 0.1) is 19.8 Å². The lowest BCUT2D eigenvalue weighted by molar-refractivity contribution is -0.446. The first kappa shape index (κ1) is 38.2. The maximum atomic E-state index is 13.4. The van der Waals surface area contributed by atoms with Gasteiger partial charge in [-0.15, -0.1) is 0 Å². The maximum Gasteiger partial charge on any atom is 0.306 e. The van der Waals surface area contributed by atoms with Gasteiger partial charge >= 0.3 is 5.97 Å². The molecule has 0 aliphatic carbocycles. The Morgan fingerprint density at radius 1 is 0.784 bits per heavy atom. The van der Waals surface area contributed by atoms with Crippen LogP contribution < -0.4 is 0 Å². The molecule has 12 nitrogen and oxygen atoms in total. The number of unbranched alkanes of at least 4 members (excludes halogenated alkanes) is 4. The van der Waals surface area contributed by atoms with Crippen LogP contribution in [-0.2, 0) is 63.8 Å². The minimum absolute atomic E-state index is 0.0148. The third-order valence-electron chi connectivity index (χ3n) is 9.41. The molecule has 2 aromatic rings. The standard InChI is InChI=1S/C39H54O12/c1-6-7-8-9-16-21-31(40)46-35-34(41-22-26-17-12-10-13-18-26)33-28(23-42-36(47-33)27-19-14-11-15-20-27)45-37(35)51-44-25-30-32(50-39(4,5)49-30)29-24-43-38(2,3)48-29/h10-15,17-20,28-30,32-37H,6-9,16,21-25H2,1-5H3/t28-,29+,30-,32-,33-,34+,35+,36?,37+/m1/s1. The molecule has 6 rings (SSSR count). The molecule has 0 N–H and O–H groups in total. The van der Waals surface area contributed by atoms with Crippen LogP contribution in [0.15, 0.2) is 60.7 Å². The third kappa shape index (κ3) is 10.3. The van der Waals surface area contributed by atoms with Crippen molar-refractivity contribution in [3.63, 3.8) is 0 Å². The van der Waals surface area contributed by atoms with E-state index >= 15 is 0 Å². The Morgan fingerprint density at radius 3 is 2.25 bits per heavy atom. The zero-order valence-corrected chi connectivity index (χ0v) is 30.4. The normalized spacial score (nSPS) is 32.8. The second kappa shape index (κ2) is 17.6. The van der Waals surface area contributed by atoms with Crippen LogP contribution in [-0.4, -0.2) is 86.4 Å². The lowest BCUT2D eigenvalue weighted by Crippen LogP contribution is -2.64. The molecule has 4 saturated heterocycles. The van der Waals surface area contributed by atoms with Crippen molar-refractivity contribution in [1.29, 1.82) is 0 Å². The van der Waals surface area contributed by atoms with Crippen LogP contribution in [0.4, 0.5) is 0 Å². The Hall–Kier alpha value is -2.49. The molecule has 2 aromatic carbocycles. The van der Waals surface area contributed by atoms with Gasteiger partial charge in [-0.1, -0.05) is 93.3 Å². The van der Waals surface area contributed by atoms with E-state index in [1.165, 1.54) is 0 Å². The number of hydrogen-bond acceptors (Lipinski definition) is 12. The summed E-state index contributed by atoms with van der Waals surface area (Å²) in [6, 6.07) is 19.5. The molecule has 1 unspecified atom stereocenters. The predicted octanol–water partition coefficient (Wildman–Crippen LogP) is 6.30. The predicted molar refractivity (Wildman–Crippen MR) is 183 cm³/mol. The first-order valence-electron chi connectivity index (χ1n) is 18.4. The number of carbonyl (C=O) groups excluding carboxylic acids is 1. The smallest absolute Gasteiger partial charge is 0.306 e. The summed E-state index contributed by atoms with van der Waals surface area (Å²) in [6.07, 6.45) is -1.00. The highest BCUT2D eigenvalue weighted by molar-refractivity contribution is 5.69. The van der Waals surface area contributed by atoms with Crippen LogP contribution in [0.2, 0.25) is 0 Å². The summed E-state index contributed by atoms with van der Waals surface area (Å²) < 4.78 is 56.1. The fourth-order valence-corrected chi connectivity index (χ4v) is 6.93. The lowest BCUT2D eigenvalue weighted by Gasteiger charge is -2.48. The van der Waals surface area contributed by atoms with Crippen LogP contribution in [0.25, 0.3) is 0 Å². The van der Waals surface area contributed by atoms with Gasteiger partial charge in [-0.25, -0.2) is 9.78 Å². The fourth-order valence-electron chi connectivity index (χ4n) is 6.93. The van der Waals surface area contributed by atoms with Crippen molar-refractivity contribution >= 4 is 5.97 Å². The van der Waals surface area contributed by atoms with E-state index in [4.69, 9.17) is 52.4 Å². The van der Waals surface area contributed by atoms with Gasteiger partial charge in [0.15, 0.2) is 24.0 Å². The monoisotopic (exact) mass is 714 g/mol. The molecular weight excluding hydrogens is 660 g/mol. The summed E-state index contributed by atoms with van der Waals surface area (Å²) in [7, 11) is 0. The number of hydrogen-bond donors (Lipinski definition) is 0. The zero-order valence-electron chi connectivity index (χ0n) is 30.4. The van der Waals surface area contributed by atoms with E-state index in [-0.39, 0.29) is 38.3 Å². The number of ether oxygens (including phenoxy) is 9. The van der Waals surface area contributed by atoms with E-state index in [0.717, 1.165) is 43.2 Å². The first-order chi connectivity index (χ1) is 24.6. The van der Waals surface area contributed by atoms with Crippen molar-refractivity contribution < 1.29 is 57.2 Å². The van der Waals surface area contributed by atoms with E-state index < -0.39 is 60.8 Å². The average molecular weight is 715 g/mol. The van der Waals surface area contributed by atoms with Crippen molar-refractivity contribution in [1.82, 2.24) is 0 Å². The van der Waals surface area contributed by atoms with Gasteiger partial charge in [0.2, 0.25) is 6.29 Å². The molecule has 0 bridgehead atoms. The zero-order chi connectivity index (χ0) is 35.8. The summed E-state index contributed by atoms with van der Waals surface area (Å²) >= 11 is 0. The van der Waals surface area contributed by atoms with E-state index in [1.807, 2.05) is 88.4 Å². The van der Waals surface area contributed by atoms with Crippen LogP contribution >= 0.6 is 0 Å². The van der Waals surface area contributed by atoms with E-state index in [9.17, 15) is 4.79 Å². The number of esters is 1. The van der Waals surface area contributed by atoms with Crippen LogP contribution in [0.5, 0.6) is 0 Å². The summed E-state index contributed by atoms with van der Waals surface area (Å²) in [4.78, 5) is 25.2. The number of benzene rings is 2. The molecule has 0 aromatic heterocycles. The molecule has 0 saturated carbocycles. The molecule has 51 heavy (non-hydrogen) atoms. The van der Waals surface area contributed by atoms with E-state index in [2.05, 4.69) is 6.92 Å². The van der Waals surface area contributed by atoms with Crippen LogP contribution in [0, 0.1) is 0 Å². The molecule has 282 valence electrons. The first-order valence-corrected chi connectivity index (χ1v) is 18.4. The Morgan fingerprint density at radius 2 is 1.53 bits per heavy atom. The lowest BCUT2D eigenvalue weighted by atomic mass is 9.97. The highest BCUT2D eigenvalue weighted by Crippen LogP contribution is 2.39.